The van der Waals surface area contributed by atoms with E-state index in [9.17, 15) is 0 Å². The van der Waals surface area contributed by atoms with Crippen LogP contribution in [0.1, 0.15) is 23.6 Å². The molecule has 0 N–H and O–H groups in total. The number of fused-ring (bicyclic) bond motifs is 1. The van der Waals surface area contributed by atoms with Crippen molar-refractivity contribution in [1.29, 1.82) is 0 Å². The van der Waals surface area contributed by atoms with Gasteiger partial charge in [-0.05, 0) is 54.1 Å². The van der Waals surface area contributed by atoms with Gasteiger partial charge in [0.1, 0.15) is 0 Å². The van der Waals surface area contributed by atoms with Gasteiger partial charge < -0.3 is 9.47 Å². The molecule has 39 heavy (non-hydrogen) atoms. The van der Waals surface area contributed by atoms with Crippen LogP contribution >= 0.6 is 23.2 Å². The van der Waals surface area contributed by atoms with E-state index in [1.54, 1.807) is 14.2 Å². The summed E-state index contributed by atoms with van der Waals surface area (Å²) in [4.78, 5) is 10.0. The van der Waals surface area contributed by atoms with Gasteiger partial charge >= 0.3 is 0 Å². The van der Waals surface area contributed by atoms with Gasteiger partial charge in [-0.3, -0.25) is 0 Å². The van der Waals surface area contributed by atoms with Gasteiger partial charge in [0.25, 0.3) is 0 Å². The van der Waals surface area contributed by atoms with Crippen LogP contribution in [-0.4, -0.2) is 29.9 Å². The Balaban J connectivity index is 1.52. The molecule has 0 amide bonds. The van der Waals surface area contributed by atoms with Gasteiger partial charge in [-0.1, -0.05) is 65.7 Å². The molecule has 0 fully saturated rings. The summed E-state index contributed by atoms with van der Waals surface area (Å²) in [7, 11) is 3.25. The first-order chi connectivity index (χ1) is 19.0. The molecule has 0 spiro atoms. The van der Waals surface area contributed by atoms with E-state index < -0.39 is 0 Å². The van der Waals surface area contributed by atoms with Crippen LogP contribution in [0.5, 0.6) is 11.5 Å². The third-order valence-electron chi connectivity index (χ3n) is 6.78. The van der Waals surface area contributed by atoms with E-state index >= 15 is 0 Å². The summed E-state index contributed by atoms with van der Waals surface area (Å²) in [5.41, 5.74) is 5.43. The molecule has 4 aromatic carbocycles. The van der Waals surface area contributed by atoms with Gasteiger partial charge in [0, 0.05) is 33.0 Å². The van der Waals surface area contributed by atoms with Crippen molar-refractivity contribution >= 4 is 45.8 Å². The van der Waals surface area contributed by atoms with Crippen molar-refractivity contribution in [3.05, 3.63) is 112 Å². The number of benzene rings is 4. The predicted molar refractivity (Wildman–Crippen MR) is 157 cm³/mol. The Hall–Kier alpha value is -4.13. The van der Waals surface area contributed by atoms with Crippen molar-refractivity contribution in [3.8, 4) is 22.8 Å². The second-order valence-electron chi connectivity index (χ2n) is 9.13. The number of ether oxygens (including phenoxy) is 2. The monoisotopic (exact) mass is 554 g/mol. The number of nitrogens with zero attached hydrogens (tertiary/aromatic N) is 4. The lowest BCUT2D eigenvalue weighted by atomic mass is 9.98. The number of hydrogen-bond acceptors (Lipinski definition) is 6. The number of halogens is 2. The number of aromatic nitrogens is 2. The molecule has 5 aromatic rings. The summed E-state index contributed by atoms with van der Waals surface area (Å²) in [6.07, 6.45) is 0.639. The molecule has 1 aromatic heterocycles. The first-order valence-corrected chi connectivity index (χ1v) is 13.2. The third kappa shape index (κ3) is 4.89. The fourth-order valence-corrected chi connectivity index (χ4v) is 5.13. The molecule has 1 aliphatic rings. The molecule has 6 rings (SSSR count). The van der Waals surface area contributed by atoms with Crippen LogP contribution in [-0.2, 0) is 0 Å². The molecule has 0 saturated heterocycles. The maximum absolute atomic E-state index is 6.38. The summed E-state index contributed by atoms with van der Waals surface area (Å²) >= 11 is 12.6. The lowest BCUT2D eigenvalue weighted by molar-refractivity contribution is 0.355. The molecule has 0 saturated carbocycles. The van der Waals surface area contributed by atoms with Gasteiger partial charge in [-0.2, -0.15) is 5.10 Å². The van der Waals surface area contributed by atoms with Crippen LogP contribution in [0.15, 0.2) is 96.1 Å². The third-order valence-corrected chi connectivity index (χ3v) is 7.27. The van der Waals surface area contributed by atoms with Gasteiger partial charge in [-0.15, -0.1) is 0 Å². The average Bonchev–Trinajstić information content (AvgIpc) is 3.42. The van der Waals surface area contributed by atoms with Crippen molar-refractivity contribution in [2.45, 2.75) is 12.5 Å². The van der Waals surface area contributed by atoms with Gasteiger partial charge in [0.2, 0.25) is 5.95 Å². The lowest BCUT2D eigenvalue weighted by Crippen LogP contribution is -2.21. The Morgan fingerprint density at radius 1 is 0.744 bits per heavy atom. The maximum Gasteiger partial charge on any atom is 0.247 e. The van der Waals surface area contributed by atoms with Crippen molar-refractivity contribution in [2.24, 2.45) is 5.10 Å². The van der Waals surface area contributed by atoms with Crippen molar-refractivity contribution in [2.75, 3.05) is 19.2 Å². The fraction of sp³-hybridized carbons (Fsp3) is 0.129. The lowest BCUT2D eigenvalue weighted by Gasteiger charge is -2.23. The predicted octanol–water partition coefficient (Wildman–Crippen LogP) is 7.98. The van der Waals surface area contributed by atoms with Crippen LogP contribution in [0.25, 0.3) is 22.2 Å². The molecular weight excluding hydrogens is 531 g/mol. The molecule has 2 heterocycles. The smallest absolute Gasteiger partial charge is 0.247 e. The first kappa shape index (κ1) is 25.2. The minimum Gasteiger partial charge on any atom is -0.493 e. The highest BCUT2D eigenvalue weighted by Crippen LogP contribution is 2.39. The highest BCUT2D eigenvalue weighted by Gasteiger charge is 2.32. The molecule has 6 nitrogen and oxygen atoms in total. The number of methoxy groups -OCH3 is 2. The topological polar surface area (TPSA) is 59.8 Å². The molecular formula is C31H24Cl2N4O2. The number of hydrazone groups is 1. The fourth-order valence-electron chi connectivity index (χ4n) is 4.84. The van der Waals surface area contributed by atoms with Gasteiger partial charge in [-0.25, -0.2) is 15.0 Å². The highest BCUT2D eigenvalue weighted by atomic mass is 35.5. The second-order valence-corrected chi connectivity index (χ2v) is 10.0. The Morgan fingerprint density at radius 2 is 1.49 bits per heavy atom. The zero-order valence-corrected chi connectivity index (χ0v) is 22.8. The Kier molecular flexibility index (Phi) is 6.81. The van der Waals surface area contributed by atoms with Gasteiger partial charge in [0.15, 0.2) is 11.5 Å². The van der Waals surface area contributed by atoms with Crippen LogP contribution in [0.2, 0.25) is 10.0 Å². The number of rotatable bonds is 6. The molecule has 1 atom stereocenters. The number of hydrogen-bond donors (Lipinski definition) is 0. The number of anilines is 1. The SMILES string of the molecule is COc1ccc(C2=NN(c3nc(-c4ccccc4)c4cc(Cl)ccc4n3)C(c3ccc(Cl)cc3)C2)cc1OC. The summed E-state index contributed by atoms with van der Waals surface area (Å²) in [5.74, 6) is 1.80. The standard InChI is InChI=1S/C31H24Cl2N4O2/c1-38-28-15-10-21(16-29(28)39-2)26-18-27(19-8-11-22(32)12-9-19)37(36-26)31-34-25-14-13-23(33)17-24(25)30(35-31)20-6-4-3-5-7-20/h3-17,27H,18H2,1-2H3. The van der Waals surface area contributed by atoms with Crippen LogP contribution < -0.4 is 14.5 Å². The van der Waals surface area contributed by atoms with E-state index in [1.165, 1.54) is 0 Å². The van der Waals surface area contributed by atoms with Crippen molar-refractivity contribution in [3.63, 3.8) is 0 Å². The van der Waals surface area contributed by atoms with E-state index in [0.717, 1.165) is 39.0 Å². The van der Waals surface area contributed by atoms with Gasteiger partial charge in [0.05, 0.1) is 37.2 Å². The zero-order valence-electron chi connectivity index (χ0n) is 21.3. The van der Waals surface area contributed by atoms with Crippen LogP contribution in [0.4, 0.5) is 5.95 Å². The quantitative estimate of drug-likeness (QED) is 0.213. The van der Waals surface area contributed by atoms with Crippen LogP contribution in [0.3, 0.4) is 0 Å². The van der Waals surface area contributed by atoms with Crippen molar-refractivity contribution in [1.82, 2.24) is 9.97 Å². The highest BCUT2D eigenvalue weighted by molar-refractivity contribution is 6.31. The molecule has 0 bridgehead atoms. The summed E-state index contributed by atoms with van der Waals surface area (Å²) < 4.78 is 11.0. The molecule has 0 aliphatic carbocycles. The molecule has 1 unspecified atom stereocenters. The van der Waals surface area contributed by atoms with E-state index in [-0.39, 0.29) is 6.04 Å². The minimum absolute atomic E-state index is 0.140. The van der Waals surface area contributed by atoms with Crippen molar-refractivity contribution < 1.29 is 9.47 Å². The molecule has 1 aliphatic heterocycles. The second kappa shape index (κ2) is 10.6. The Morgan fingerprint density at radius 3 is 2.23 bits per heavy atom. The first-order valence-electron chi connectivity index (χ1n) is 12.4. The maximum atomic E-state index is 6.38. The molecule has 194 valence electrons. The summed E-state index contributed by atoms with van der Waals surface area (Å²) in [6, 6.07) is 29.2. The Bertz CT molecular complexity index is 1690. The molecule has 0 radical (unpaired) electrons. The van der Waals surface area contributed by atoms with E-state index in [0.29, 0.717) is 33.9 Å². The Labute approximate surface area is 236 Å². The van der Waals surface area contributed by atoms with Crippen LogP contribution in [0, 0.1) is 0 Å². The normalized spacial score (nSPS) is 14.9. The average molecular weight is 555 g/mol. The zero-order chi connectivity index (χ0) is 26.9. The largest absolute Gasteiger partial charge is 0.493 e. The summed E-state index contributed by atoms with van der Waals surface area (Å²) in [5, 5.41) is 9.15. The summed E-state index contributed by atoms with van der Waals surface area (Å²) in [6.45, 7) is 0. The van der Waals surface area contributed by atoms with E-state index in [4.69, 9.17) is 47.7 Å². The minimum atomic E-state index is -0.140. The van der Waals surface area contributed by atoms with E-state index in [1.807, 2.05) is 96.0 Å². The van der Waals surface area contributed by atoms with E-state index in [2.05, 4.69) is 0 Å². The molecule has 8 heteroatoms.